The first-order valence-electron chi connectivity index (χ1n) is 9.62. The summed E-state index contributed by atoms with van der Waals surface area (Å²) in [4.78, 5) is 14.2. The highest BCUT2D eigenvalue weighted by atomic mass is 16.6. The van der Waals surface area contributed by atoms with Crippen LogP contribution in [0.3, 0.4) is 0 Å². The van der Waals surface area contributed by atoms with Crippen LogP contribution in [0.1, 0.15) is 79.1 Å². The number of carbonyl (C=O) groups excluding carboxylic acids is 1. The maximum atomic E-state index is 12.3. The van der Waals surface area contributed by atoms with Crippen molar-refractivity contribution in [2.45, 2.75) is 96.7 Å². The Morgan fingerprint density at radius 3 is 2.57 bits per heavy atom. The Kier molecular flexibility index (Phi) is 6.75. The van der Waals surface area contributed by atoms with E-state index in [1.807, 2.05) is 25.7 Å². The van der Waals surface area contributed by atoms with E-state index in [1.54, 1.807) is 0 Å². The van der Waals surface area contributed by atoms with Crippen LogP contribution in [0.25, 0.3) is 0 Å². The van der Waals surface area contributed by atoms with Crippen LogP contribution in [-0.4, -0.2) is 41.8 Å². The fourth-order valence-corrected chi connectivity index (χ4v) is 3.53. The van der Waals surface area contributed by atoms with Crippen molar-refractivity contribution in [2.75, 3.05) is 13.1 Å². The van der Waals surface area contributed by atoms with Crippen LogP contribution in [0.15, 0.2) is 0 Å². The van der Waals surface area contributed by atoms with Gasteiger partial charge in [0.15, 0.2) is 0 Å². The van der Waals surface area contributed by atoms with Crippen LogP contribution in [0.2, 0.25) is 0 Å². The zero-order chi connectivity index (χ0) is 16.9. The molecule has 2 aliphatic rings. The fraction of sp³-hybridized carbons (Fsp3) is 0.947. The lowest BCUT2D eigenvalue weighted by Gasteiger charge is -2.30. The number of hydrogen-bond donors (Lipinski definition) is 1. The van der Waals surface area contributed by atoms with Gasteiger partial charge in [-0.2, -0.15) is 0 Å². The largest absolute Gasteiger partial charge is 0.444 e. The molecule has 134 valence electrons. The van der Waals surface area contributed by atoms with E-state index in [-0.39, 0.29) is 6.09 Å². The molecule has 4 nitrogen and oxygen atoms in total. The molecule has 0 aromatic rings. The van der Waals surface area contributed by atoms with Gasteiger partial charge in [0.1, 0.15) is 5.60 Å². The zero-order valence-electron chi connectivity index (χ0n) is 15.6. The molecule has 0 saturated heterocycles. The average molecular weight is 325 g/mol. The molecule has 0 aromatic heterocycles. The Balaban J connectivity index is 1.67. The second-order valence-corrected chi connectivity index (χ2v) is 8.35. The summed E-state index contributed by atoms with van der Waals surface area (Å²) in [7, 11) is 0. The lowest BCUT2D eigenvalue weighted by Crippen LogP contribution is -2.40. The Morgan fingerprint density at radius 2 is 1.96 bits per heavy atom. The third-order valence-corrected chi connectivity index (χ3v) is 4.98. The molecule has 1 N–H and O–H groups in total. The van der Waals surface area contributed by atoms with Crippen molar-refractivity contribution >= 4 is 6.09 Å². The minimum absolute atomic E-state index is 0.135. The number of rotatable bonds is 7. The van der Waals surface area contributed by atoms with Gasteiger partial charge in [0, 0.05) is 18.6 Å². The monoisotopic (exact) mass is 324 g/mol. The Morgan fingerprint density at radius 1 is 1.22 bits per heavy atom. The molecule has 0 aliphatic heterocycles. The number of carbonyl (C=O) groups is 1. The number of ether oxygens (including phenoxy) is 1. The predicted molar refractivity (Wildman–Crippen MR) is 94.6 cm³/mol. The highest BCUT2D eigenvalue weighted by Crippen LogP contribution is 2.29. The second-order valence-electron chi connectivity index (χ2n) is 8.35. The van der Waals surface area contributed by atoms with Crippen molar-refractivity contribution in [3.63, 3.8) is 0 Å². The van der Waals surface area contributed by atoms with Crippen molar-refractivity contribution in [3.05, 3.63) is 0 Å². The standard InChI is InChI=1S/C19H36N2O2/c1-5-15-8-6-9-16(14-15)20-12-7-13-21(17-10-11-17)18(22)23-19(2,3)4/h15-17,20H,5-14H2,1-4H3. The highest BCUT2D eigenvalue weighted by molar-refractivity contribution is 5.69. The molecule has 2 aliphatic carbocycles. The maximum absolute atomic E-state index is 12.3. The van der Waals surface area contributed by atoms with E-state index in [2.05, 4.69) is 12.2 Å². The molecule has 2 fully saturated rings. The number of nitrogens with one attached hydrogen (secondary N) is 1. The van der Waals surface area contributed by atoms with E-state index in [9.17, 15) is 4.79 Å². The van der Waals surface area contributed by atoms with E-state index >= 15 is 0 Å². The molecule has 2 atom stereocenters. The molecule has 0 radical (unpaired) electrons. The van der Waals surface area contributed by atoms with Gasteiger partial charge in [-0.1, -0.05) is 26.2 Å². The molecule has 0 heterocycles. The SMILES string of the molecule is CCC1CCCC(NCCCN(C(=O)OC(C)(C)C)C2CC2)C1. The van der Waals surface area contributed by atoms with Gasteiger partial charge in [-0.15, -0.1) is 0 Å². The summed E-state index contributed by atoms with van der Waals surface area (Å²) >= 11 is 0. The van der Waals surface area contributed by atoms with E-state index in [1.165, 1.54) is 32.1 Å². The first-order chi connectivity index (χ1) is 10.9. The zero-order valence-corrected chi connectivity index (χ0v) is 15.6. The molecule has 23 heavy (non-hydrogen) atoms. The first kappa shape index (κ1) is 18.6. The number of hydrogen-bond acceptors (Lipinski definition) is 3. The molecular formula is C19H36N2O2. The van der Waals surface area contributed by atoms with Gasteiger partial charge >= 0.3 is 6.09 Å². The van der Waals surface area contributed by atoms with E-state index in [4.69, 9.17) is 4.74 Å². The van der Waals surface area contributed by atoms with E-state index in [0.29, 0.717) is 12.1 Å². The van der Waals surface area contributed by atoms with Crippen molar-refractivity contribution in [3.8, 4) is 0 Å². The van der Waals surface area contributed by atoms with Crippen molar-refractivity contribution in [1.82, 2.24) is 10.2 Å². The van der Waals surface area contributed by atoms with Crippen LogP contribution in [0.4, 0.5) is 4.79 Å². The van der Waals surface area contributed by atoms with Gasteiger partial charge in [-0.05, 0) is 65.3 Å². The lowest BCUT2D eigenvalue weighted by atomic mass is 9.84. The van der Waals surface area contributed by atoms with Crippen molar-refractivity contribution < 1.29 is 9.53 Å². The summed E-state index contributed by atoms with van der Waals surface area (Å²) in [6, 6.07) is 1.11. The van der Waals surface area contributed by atoms with Gasteiger partial charge in [0.05, 0.1) is 0 Å². The smallest absolute Gasteiger partial charge is 0.410 e. The summed E-state index contributed by atoms with van der Waals surface area (Å²) in [5.41, 5.74) is -0.403. The first-order valence-corrected chi connectivity index (χ1v) is 9.62. The third-order valence-electron chi connectivity index (χ3n) is 4.98. The molecule has 1 amide bonds. The summed E-state index contributed by atoms with van der Waals surface area (Å²) in [5, 5.41) is 3.71. The van der Waals surface area contributed by atoms with Gasteiger partial charge in [0.2, 0.25) is 0 Å². The van der Waals surface area contributed by atoms with Crippen LogP contribution in [0, 0.1) is 5.92 Å². The normalized spacial score (nSPS) is 25.2. The van der Waals surface area contributed by atoms with Crippen LogP contribution in [0.5, 0.6) is 0 Å². The Hall–Kier alpha value is -0.770. The topological polar surface area (TPSA) is 41.6 Å². The van der Waals surface area contributed by atoms with Crippen LogP contribution >= 0.6 is 0 Å². The number of nitrogens with zero attached hydrogens (tertiary/aromatic N) is 1. The second kappa shape index (κ2) is 8.36. The Bertz CT molecular complexity index is 374. The van der Waals surface area contributed by atoms with Crippen LogP contribution < -0.4 is 5.32 Å². The predicted octanol–water partition coefficient (Wildman–Crippen LogP) is 4.33. The molecule has 4 heteroatoms. The van der Waals surface area contributed by atoms with E-state index < -0.39 is 5.60 Å². The molecule has 0 aromatic carbocycles. The Labute approximate surface area is 142 Å². The van der Waals surface area contributed by atoms with Gasteiger partial charge in [-0.3, -0.25) is 0 Å². The molecule has 0 spiro atoms. The van der Waals surface area contributed by atoms with E-state index in [0.717, 1.165) is 38.3 Å². The maximum Gasteiger partial charge on any atom is 0.410 e. The average Bonchev–Trinajstić information content (AvgIpc) is 3.30. The minimum Gasteiger partial charge on any atom is -0.444 e. The third kappa shape index (κ3) is 6.70. The molecule has 2 rings (SSSR count). The van der Waals surface area contributed by atoms with Crippen molar-refractivity contribution in [2.24, 2.45) is 5.92 Å². The quantitative estimate of drug-likeness (QED) is 0.709. The van der Waals surface area contributed by atoms with Gasteiger partial charge in [0.25, 0.3) is 0 Å². The molecule has 2 unspecified atom stereocenters. The lowest BCUT2D eigenvalue weighted by molar-refractivity contribution is 0.0231. The summed E-state index contributed by atoms with van der Waals surface area (Å²) in [6.45, 7) is 9.94. The van der Waals surface area contributed by atoms with Crippen molar-refractivity contribution in [1.29, 1.82) is 0 Å². The van der Waals surface area contributed by atoms with Gasteiger partial charge in [-0.25, -0.2) is 4.79 Å². The minimum atomic E-state index is -0.403. The fourth-order valence-electron chi connectivity index (χ4n) is 3.53. The summed E-state index contributed by atoms with van der Waals surface area (Å²) in [6.07, 6.45) is 9.87. The summed E-state index contributed by atoms with van der Waals surface area (Å²) < 4.78 is 5.54. The van der Waals surface area contributed by atoms with Crippen LogP contribution in [-0.2, 0) is 4.74 Å². The highest BCUT2D eigenvalue weighted by Gasteiger charge is 2.34. The van der Waals surface area contributed by atoms with Gasteiger partial charge < -0.3 is 15.0 Å². The molecule has 2 saturated carbocycles. The number of amides is 1. The summed E-state index contributed by atoms with van der Waals surface area (Å²) in [5.74, 6) is 0.908. The molecule has 0 bridgehead atoms. The molecular weight excluding hydrogens is 288 g/mol.